The maximum Gasteiger partial charge on any atom is 0.255 e. The van der Waals surface area contributed by atoms with E-state index in [1.165, 1.54) is 0 Å². The quantitative estimate of drug-likeness (QED) is 0.804. The van der Waals surface area contributed by atoms with Gasteiger partial charge in [0.25, 0.3) is 5.91 Å². The van der Waals surface area contributed by atoms with E-state index in [1.54, 1.807) is 73.8 Å². The summed E-state index contributed by atoms with van der Waals surface area (Å²) in [5, 5.41) is 32.1. The van der Waals surface area contributed by atoms with Crippen LogP contribution in [0.2, 0.25) is 0 Å². The first-order valence-electron chi connectivity index (χ1n) is 7.38. The number of nitrogens with zero attached hydrogens (tertiary/aromatic N) is 3. The summed E-state index contributed by atoms with van der Waals surface area (Å²) in [6, 6.07) is 18.3. The number of nitriles is 3. The van der Waals surface area contributed by atoms with Gasteiger partial charge in [-0.3, -0.25) is 4.79 Å². The van der Waals surface area contributed by atoms with Crippen molar-refractivity contribution in [1.82, 2.24) is 0 Å². The van der Waals surface area contributed by atoms with Crippen molar-refractivity contribution in [2.24, 2.45) is 0 Å². The Morgan fingerprint density at radius 1 is 0.846 bits per heavy atom. The Hall–Kier alpha value is -4.28. The van der Waals surface area contributed by atoms with Gasteiger partial charge in [-0.1, -0.05) is 0 Å². The molecule has 7 heteroatoms. The van der Waals surface area contributed by atoms with E-state index in [-0.39, 0.29) is 17.2 Å². The topological polar surface area (TPSA) is 122 Å². The number of carbonyl (C=O) groups excluding carboxylic acids is 1. The molecule has 126 valence electrons. The Balaban J connectivity index is 2.10. The first-order valence-corrected chi connectivity index (χ1v) is 7.38. The van der Waals surface area contributed by atoms with Gasteiger partial charge in [-0.05, 0) is 48.5 Å². The van der Waals surface area contributed by atoms with Gasteiger partial charge in [-0.15, -0.1) is 0 Å². The number of benzene rings is 2. The van der Waals surface area contributed by atoms with Gasteiger partial charge < -0.3 is 15.4 Å². The van der Waals surface area contributed by atoms with Gasteiger partial charge in [0.15, 0.2) is 5.57 Å². The van der Waals surface area contributed by atoms with E-state index < -0.39 is 0 Å². The number of carbonyl (C=O) groups is 1. The van der Waals surface area contributed by atoms with Crippen LogP contribution in [-0.2, 0) is 0 Å². The van der Waals surface area contributed by atoms with Gasteiger partial charge in [0.2, 0.25) is 0 Å². The second-order valence-electron chi connectivity index (χ2n) is 4.97. The van der Waals surface area contributed by atoms with E-state index in [9.17, 15) is 4.79 Å². The molecule has 0 bridgehead atoms. The van der Waals surface area contributed by atoms with Crippen LogP contribution in [0.3, 0.4) is 0 Å². The molecule has 0 fully saturated rings. The number of ether oxygens (including phenoxy) is 1. The lowest BCUT2D eigenvalue weighted by molar-refractivity contribution is 0.102. The number of allylic oxidation sites excluding steroid dienone is 2. The van der Waals surface area contributed by atoms with Gasteiger partial charge in [-0.2, -0.15) is 15.8 Å². The second-order valence-corrected chi connectivity index (χ2v) is 4.97. The van der Waals surface area contributed by atoms with E-state index in [4.69, 9.17) is 20.5 Å². The van der Waals surface area contributed by atoms with Crippen molar-refractivity contribution in [1.29, 1.82) is 15.8 Å². The highest BCUT2D eigenvalue weighted by atomic mass is 16.5. The summed E-state index contributed by atoms with van der Waals surface area (Å²) < 4.78 is 5.06. The zero-order valence-corrected chi connectivity index (χ0v) is 13.8. The van der Waals surface area contributed by atoms with Crippen LogP contribution in [0, 0.1) is 34.0 Å². The SMILES string of the molecule is COc1ccc(NC(=O)c2ccc(NC(C#N)=C(C#N)C#N)cc2)cc1. The van der Waals surface area contributed by atoms with Crippen molar-refractivity contribution in [3.05, 3.63) is 65.4 Å². The highest BCUT2D eigenvalue weighted by Crippen LogP contribution is 2.17. The minimum Gasteiger partial charge on any atom is -0.497 e. The highest BCUT2D eigenvalue weighted by Gasteiger charge is 2.09. The molecule has 0 atom stereocenters. The molecule has 0 saturated heterocycles. The lowest BCUT2D eigenvalue weighted by Gasteiger charge is -2.08. The van der Waals surface area contributed by atoms with Crippen molar-refractivity contribution in [3.8, 4) is 24.0 Å². The fourth-order valence-corrected chi connectivity index (χ4v) is 2.01. The minimum absolute atomic E-state index is 0.148. The van der Waals surface area contributed by atoms with E-state index >= 15 is 0 Å². The summed E-state index contributed by atoms with van der Waals surface area (Å²) in [6.45, 7) is 0. The molecule has 0 aliphatic rings. The largest absolute Gasteiger partial charge is 0.497 e. The van der Waals surface area contributed by atoms with Gasteiger partial charge >= 0.3 is 0 Å². The molecule has 0 aliphatic carbocycles. The molecule has 2 aromatic carbocycles. The van der Waals surface area contributed by atoms with Crippen molar-refractivity contribution in [3.63, 3.8) is 0 Å². The van der Waals surface area contributed by atoms with E-state index in [0.717, 1.165) is 0 Å². The zero-order chi connectivity index (χ0) is 18.9. The lowest BCUT2D eigenvalue weighted by atomic mass is 10.1. The predicted octanol–water partition coefficient (Wildman–Crippen LogP) is 3.18. The van der Waals surface area contributed by atoms with Crippen LogP contribution in [0.25, 0.3) is 0 Å². The van der Waals surface area contributed by atoms with Crippen molar-refractivity contribution in [2.45, 2.75) is 0 Å². The summed E-state index contributed by atoms with van der Waals surface area (Å²) >= 11 is 0. The van der Waals surface area contributed by atoms with Gasteiger partial charge in [0.1, 0.15) is 29.7 Å². The number of anilines is 2. The Morgan fingerprint density at radius 3 is 1.88 bits per heavy atom. The highest BCUT2D eigenvalue weighted by molar-refractivity contribution is 6.04. The fraction of sp³-hybridized carbons (Fsp3) is 0.0526. The predicted molar refractivity (Wildman–Crippen MR) is 94.9 cm³/mol. The van der Waals surface area contributed by atoms with Crippen LogP contribution in [0.5, 0.6) is 5.75 Å². The molecule has 0 radical (unpaired) electrons. The third-order valence-electron chi connectivity index (χ3n) is 3.35. The van der Waals surface area contributed by atoms with Crippen molar-refractivity contribution in [2.75, 3.05) is 17.7 Å². The van der Waals surface area contributed by atoms with Crippen LogP contribution >= 0.6 is 0 Å². The second kappa shape index (κ2) is 8.54. The summed E-state index contributed by atoms with van der Waals surface area (Å²) in [5.74, 6) is 0.390. The van der Waals surface area contributed by atoms with E-state index in [1.807, 2.05) is 0 Å². The average Bonchev–Trinajstić information content (AvgIpc) is 2.69. The molecule has 0 saturated carbocycles. The molecule has 0 unspecified atom stereocenters. The molecule has 2 rings (SSSR count). The molecule has 2 N–H and O–H groups in total. The number of amides is 1. The van der Waals surface area contributed by atoms with Crippen LogP contribution < -0.4 is 15.4 Å². The molecule has 0 spiro atoms. The molecule has 26 heavy (non-hydrogen) atoms. The maximum atomic E-state index is 12.2. The molecule has 0 heterocycles. The van der Waals surface area contributed by atoms with E-state index in [0.29, 0.717) is 22.7 Å². The Labute approximate surface area is 150 Å². The number of hydrogen-bond acceptors (Lipinski definition) is 6. The first kappa shape index (κ1) is 18.1. The fourth-order valence-electron chi connectivity index (χ4n) is 2.01. The van der Waals surface area contributed by atoms with Crippen molar-refractivity contribution < 1.29 is 9.53 Å². The van der Waals surface area contributed by atoms with Crippen LogP contribution in [0.15, 0.2) is 59.8 Å². The first-order chi connectivity index (χ1) is 12.6. The summed E-state index contributed by atoms with van der Waals surface area (Å²) in [4.78, 5) is 12.2. The average molecular weight is 343 g/mol. The standard InChI is InChI=1S/C19H13N5O2/c1-26-17-8-6-16(7-9-17)24-19(25)13-2-4-15(5-3-13)23-18(12-22)14(10-20)11-21/h2-9,23H,1H3,(H,24,25). The van der Waals surface area contributed by atoms with E-state index in [2.05, 4.69) is 10.6 Å². The lowest BCUT2D eigenvalue weighted by Crippen LogP contribution is -2.11. The molecular formula is C19H13N5O2. The molecule has 0 aliphatic heterocycles. The summed E-state index contributed by atoms with van der Waals surface area (Å²) in [5.41, 5.74) is 1.06. The number of rotatable bonds is 5. The van der Waals surface area contributed by atoms with Gasteiger partial charge in [-0.25, -0.2) is 0 Å². The maximum absolute atomic E-state index is 12.2. The van der Waals surface area contributed by atoms with Crippen LogP contribution in [0.1, 0.15) is 10.4 Å². The van der Waals surface area contributed by atoms with Gasteiger partial charge in [0, 0.05) is 16.9 Å². The number of nitrogens with one attached hydrogen (secondary N) is 2. The molecule has 1 amide bonds. The smallest absolute Gasteiger partial charge is 0.255 e. The third kappa shape index (κ3) is 4.38. The minimum atomic E-state index is -0.311. The third-order valence-corrected chi connectivity index (χ3v) is 3.35. The number of methoxy groups -OCH3 is 1. The zero-order valence-electron chi connectivity index (χ0n) is 13.8. The monoisotopic (exact) mass is 343 g/mol. The summed E-state index contributed by atoms with van der Waals surface area (Å²) in [6.07, 6.45) is 0. The van der Waals surface area contributed by atoms with Gasteiger partial charge in [0.05, 0.1) is 7.11 Å². The Kier molecular flexibility index (Phi) is 5.93. The Bertz CT molecular complexity index is 939. The summed E-state index contributed by atoms with van der Waals surface area (Å²) in [7, 11) is 1.56. The molecule has 7 nitrogen and oxygen atoms in total. The molecule has 0 aromatic heterocycles. The Morgan fingerprint density at radius 2 is 1.38 bits per heavy atom. The van der Waals surface area contributed by atoms with Crippen LogP contribution in [-0.4, -0.2) is 13.0 Å². The molecule has 2 aromatic rings. The van der Waals surface area contributed by atoms with Crippen LogP contribution in [0.4, 0.5) is 11.4 Å². The van der Waals surface area contributed by atoms with Crippen molar-refractivity contribution >= 4 is 17.3 Å². The normalized spacial score (nSPS) is 9.00. The molecular weight excluding hydrogens is 330 g/mol. The number of hydrogen-bond donors (Lipinski definition) is 2.